The summed E-state index contributed by atoms with van der Waals surface area (Å²) < 4.78 is 2.45. The molecule has 130 valence electrons. The van der Waals surface area contributed by atoms with Crippen molar-refractivity contribution in [3.05, 3.63) is 50.1 Å². The van der Waals surface area contributed by atoms with Crippen LogP contribution in [-0.2, 0) is 14.1 Å². The highest BCUT2D eigenvalue weighted by Gasteiger charge is 2.18. The van der Waals surface area contributed by atoms with E-state index in [0.717, 1.165) is 16.7 Å². The summed E-state index contributed by atoms with van der Waals surface area (Å²) >= 11 is 7.75. The number of rotatable bonds is 4. The molecule has 0 spiro atoms. The van der Waals surface area contributed by atoms with E-state index in [1.54, 1.807) is 13.1 Å². The first-order valence-electron chi connectivity index (χ1n) is 7.81. The van der Waals surface area contributed by atoms with Gasteiger partial charge in [0, 0.05) is 19.7 Å². The lowest BCUT2D eigenvalue weighted by atomic mass is 10.2. The van der Waals surface area contributed by atoms with Gasteiger partial charge in [0.05, 0.1) is 5.02 Å². The van der Waals surface area contributed by atoms with Gasteiger partial charge in [-0.25, -0.2) is 14.8 Å². The lowest BCUT2D eigenvalue weighted by Gasteiger charge is -2.12. The van der Waals surface area contributed by atoms with E-state index in [1.165, 1.54) is 23.4 Å². The molecule has 6 nitrogen and oxygen atoms in total. The summed E-state index contributed by atoms with van der Waals surface area (Å²) in [6.45, 7) is 2.05. The Kier molecular flexibility index (Phi) is 4.96. The zero-order chi connectivity index (χ0) is 18.1. The van der Waals surface area contributed by atoms with E-state index in [1.807, 2.05) is 18.2 Å². The van der Waals surface area contributed by atoms with Crippen molar-refractivity contribution in [2.45, 2.75) is 18.4 Å². The monoisotopic (exact) mass is 376 g/mol. The van der Waals surface area contributed by atoms with Gasteiger partial charge < -0.3 is 0 Å². The number of benzene rings is 1. The second-order valence-corrected chi connectivity index (χ2v) is 7.08. The smallest absolute Gasteiger partial charge is 0.280 e. The standard InChI is InChI=1S/C17H17ClN4O2S/c1-4-9-25-15-12-14(21(2)17(24)22(3)16(12)23)19-13(20-15)10-7-5-6-8-11(10)18/h5-8H,4,9H2,1-3H3. The summed E-state index contributed by atoms with van der Waals surface area (Å²) in [5.74, 6) is 1.21. The molecule has 0 fully saturated rings. The highest BCUT2D eigenvalue weighted by atomic mass is 35.5. The number of thioether (sulfide) groups is 1. The molecular formula is C17H17ClN4O2S. The lowest BCUT2D eigenvalue weighted by Crippen LogP contribution is -2.37. The molecule has 0 aliphatic heterocycles. The van der Waals surface area contributed by atoms with E-state index >= 15 is 0 Å². The molecule has 0 bridgehead atoms. The average Bonchev–Trinajstić information content (AvgIpc) is 2.62. The number of aryl methyl sites for hydroxylation is 1. The minimum atomic E-state index is -0.423. The Bertz CT molecular complexity index is 1070. The summed E-state index contributed by atoms with van der Waals surface area (Å²) in [4.78, 5) is 34.0. The Morgan fingerprint density at radius 1 is 1.12 bits per heavy atom. The molecule has 0 atom stereocenters. The van der Waals surface area contributed by atoms with E-state index in [4.69, 9.17) is 11.6 Å². The number of hydrogen-bond donors (Lipinski definition) is 0. The van der Waals surface area contributed by atoms with Crippen LogP contribution in [-0.4, -0.2) is 24.9 Å². The van der Waals surface area contributed by atoms with Gasteiger partial charge in [-0.3, -0.25) is 13.9 Å². The Hall–Kier alpha value is -2.12. The molecule has 0 N–H and O–H groups in total. The van der Waals surface area contributed by atoms with Crippen molar-refractivity contribution >= 4 is 34.4 Å². The van der Waals surface area contributed by atoms with Crippen molar-refractivity contribution in [2.24, 2.45) is 14.1 Å². The number of hydrogen-bond acceptors (Lipinski definition) is 5. The lowest BCUT2D eigenvalue weighted by molar-refractivity contribution is 0.703. The van der Waals surface area contributed by atoms with Crippen LogP contribution in [0.5, 0.6) is 0 Å². The first-order valence-corrected chi connectivity index (χ1v) is 9.17. The molecule has 0 amide bonds. The Balaban J connectivity index is 2.42. The third kappa shape index (κ3) is 3.09. The van der Waals surface area contributed by atoms with Crippen LogP contribution < -0.4 is 11.2 Å². The fourth-order valence-corrected chi connectivity index (χ4v) is 3.59. The first-order chi connectivity index (χ1) is 12.0. The molecule has 0 saturated carbocycles. The van der Waals surface area contributed by atoms with Crippen LogP contribution in [0.2, 0.25) is 5.02 Å². The minimum Gasteiger partial charge on any atom is -0.280 e. The van der Waals surface area contributed by atoms with Crippen LogP contribution in [0.25, 0.3) is 22.4 Å². The molecule has 8 heteroatoms. The number of halogens is 1. The first kappa shape index (κ1) is 17.7. The number of nitrogens with zero attached hydrogens (tertiary/aromatic N) is 4. The van der Waals surface area contributed by atoms with Crippen LogP contribution in [0.15, 0.2) is 38.9 Å². The van der Waals surface area contributed by atoms with Crippen molar-refractivity contribution in [3.63, 3.8) is 0 Å². The molecule has 3 aromatic rings. The van der Waals surface area contributed by atoms with Gasteiger partial charge >= 0.3 is 5.69 Å². The van der Waals surface area contributed by atoms with Crippen molar-refractivity contribution in [1.82, 2.24) is 19.1 Å². The van der Waals surface area contributed by atoms with Gasteiger partial charge in [0.15, 0.2) is 11.5 Å². The molecule has 0 saturated heterocycles. The molecular weight excluding hydrogens is 360 g/mol. The van der Waals surface area contributed by atoms with E-state index in [2.05, 4.69) is 16.9 Å². The van der Waals surface area contributed by atoms with Gasteiger partial charge in [-0.15, -0.1) is 11.8 Å². The number of aromatic nitrogens is 4. The third-order valence-electron chi connectivity index (χ3n) is 3.82. The second kappa shape index (κ2) is 7.01. The van der Waals surface area contributed by atoms with Gasteiger partial charge in [0.25, 0.3) is 5.56 Å². The predicted octanol–water partition coefficient (Wildman–Crippen LogP) is 2.85. The molecule has 0 unspecified atom stereocenters. The summed E-state index contributed by atoms with van der Waals surface area (Å²) in [5, 5.41) is 1.44. The number of fused-ring (bicyclic) bond motifs is 1. The maximum Gasteiger partial charge on any atom is 0.332 e. The van der Waals surface area contributed by atoms with Crippen LogP contribution >= 0.6 is 23.4 Å². The highest BCUT2D eigenvalue weighted by Crippen LogP contribution is 2.29. The van der Waals surface area contributed by atoms with Crippen LogP contribution in [0.4, 0.5) is 0 Å². The molecule has 0 aliphatic rings. The van der Waals surface area contributed by atoms with Crippen molar-refractivity contribution in [1.29, 1.82) is 0 Å². The van der Waals surface area contributed by atoms with Crippen LogP contribution in [0, 0.1) is 0 Å². The minimum absolute atomic E-state index is 0.316. The molecule has 0 radical (unpaired) electrons. The van der Waals surface area contributed by atoms with Crippen molar-refractivity contribution < 1.29 is 0 Å². The molecule has 25 heavy (non-hydrogen) atoms. The average molecular weight is 377 g/mol. The van der Waals surface area contributed by atoms with Crippen molar-refractivity contribution in [3.8, 4) is 11.4 Å². The maximum absolute atomic E-state index is 12.6. The summed E-state index contributed by atoms with van der Waals surface area (Å²) in [5.41, 5.74) is 0.171. The van der Waals surface area contributed by atoms with Gasteiger partial charge in [0.2, 0.25) is 0 Å². The summed E-state index contributed by atoms with van der Waals surface area (Å²) in [6, 6.07) is 7.24. The van der Waals surface area contributed by atoms with E-state index in [0.29, 0.717) is 32.5 Å². The van der Waals surface area contributed by atoms with Crippen LogP contribution in [0.1, 0.15) is 13.3 Å². The fourth-order valence-electron chi connectivity index (χ4n) is 2.50. The van der Waals surface area contributed by atoms with E-state index in [9.17, 15) is 9.59 Å². The molecule has 1 aromatic carbocycles. The molecule has 2 aromatic heterocycles. The van der Waals surface area contributed by atoms with Gasteiger partial charge in [-0.05, 0) is 24.3 Å². The predicted molar refractivity (Wildman–Crippen MR) is 101 cm³/mol. The topological polar surface area (TPSA) is 69.8 Å². The SMILES string of the molecule is CCCSc1nc(-c2ccccc2Cl)nc2c1c(=O)n(C)c(=O)n2C. The van der Waals surface area contributed by atoms with Gasteiger partial charge in [0.1, 0.15) is 10.4 Å². The summed E-state index contributed by atoms with van der Waals surface area (Å²) in [6.07, 6.45) is 0.934. The van der Waals surface area contributed by atoms with E-state index in [-0.39, 0.29) is 5.56 Å². The Labute approximate surface area is 153 Å². The normalized spacial score (nSPS) is 11.2. The van der Waals surface area contributed by atoms with Gasteiger partial charge in [-0.2, -0.15) is 0 Å². The Morgan fingerprint density at radius 2 is 1.84 bits per heavy atom. The molecule has 0 aliphatic carbocycles. The molecule has 2 heterocycles. The summed E-state index contributed by atoms with van der Waals surface area (Å²) in [7, 11) is 3.06. The second-order valence-electron chi connectivity index (χ2n) is 5.59. The largest absolute Gasteiger partial charge is 0.332 e. The highest BCUT2D eigenvalue weighted by molar-refractivity contribution is 7.99. The molecule has 3 rings (SSSR count). The van der Waals surface area contributed by atoms with Gasteiger partial charge in [-0.1, -0.05) is 30.7 Å². The van der Waals surface area contributed by atoms with Crippen molar-refractivity contribution in [2.75, 3.05) is 5.75 Å². The van der Waals surface area contributed by atoms with Crippen LogP contribution in [0.3, 0.4) is 0 Å². The maximum atomic E-state index is 12.6. The quantitative estimate of drug-likeness (QED) is 0.517. The Morgan fingerprint density at radius 3 is 2.52 bits per heavy atom. The fraction of sp³-hybridized carbons (Fsp3) is 0.294. The van der Waals surface area contributed by atoms with E-state index < -0.39 is 5.69 Å². The zero-order valence-electron chi connectivity index (χ0n) is 14.1. The third-order valence-corrected chi connectivity index (χ3v) is 5.34. The zero-order valence-corrected chi connectivity index (χ0v) is 15.7.